The highest BCUT2D eigenvalue weighted by Crippen LogP contribution is 2.16. The van der Waals surface area contributed by atoms with Gasteiger partial charge in [-0.25, -0.2) is 0 Å². The maximum atomic E-state index is 3.76. The van der Waals surface area contributed by atoms with Crippen LogP contribution in [0.25, 0.3) is 0 Å². The lowest BCUT2D eigenvalue weighted by Crippen LogP contribution is -2.49. The minimum absolute atomic E-state index is 0.729. The zero-order chi connectivity index (χ0) is 13.5. The van der Waals surface area contributed by atoms with Crippen LogP contribution in [0.4, 0.5) is 0 Å². The second-order valence-electron chi connectivity index (χ2n) is 5.78. The number of thioether (sulfide) groups is 2. The first-order valence-electron chi connectivity index (χ1n) is 7.57. The third-order valence-corrected chi connectivity index (χ3v) is 6.69. The van der Waals surface area contributed by atoms with Crippen LogP contribution < -0.4 is 5.32 Å². The van der Waals surface area contributed by atoms with Crippen molar-refractivity contribution in [2.75, 3.05) is 62.8 Å². The van der Waals surface area contributed by atoms with Crippen molar-refractivity contribution in [1.82, 2.24) is 15.1 Å². The van der Waals surface area contributed by atoms with Gasteiger partial charge in [-0.15, -0.1) is 0 Å². The largest absolute Gasteiger partial charge is 0.312 e. The Morgan fingerprint density at radius 2 is 1.74 bits per heavy atom. The highest BCUT2D eigenvalue weighted by atomic mass is 32.2. The molecule has 0 unspecified atom stereocenters. The Labute approximate surface area is 127 Å². The first-order valence-corrected chi connectivity index (χ1v) is 9.88. The van der Waals surface area contributed by atoms with Crippen LogP contribution in [0.5, 0.6) is 0 Å². The van der Waals surface area contributed by atoms with E-state index in [0.717, 1.165) is 12.1 Å². The Balaban J connectivity index is 1.59. The first-order chi connectivity index (χ1) is 9.25. The summed E-state index contributed by atoms with van der Waals surface area (Å²) < 4.78 is 0. The average molecular weight is 304 g/mol. The van der Waals surface area contributed by atoms with Crippen LogP contribution in [0.2, 0.25) is 0 Å². The van der Waals surface area contributed by atoms with Crippen LogP contribution in [0.15, 0.2) is 0 Å². The molecular weight excluding hydrogens is 274 g/mol. The van der Waals surface area contributed by atoms with Crippen LogP contribution in [0.3, 0.4) is 0 Å². The predicted molar refractivity (Wildman–Crippen MR) is 89.6 cm³/mol. The molecule has 0 aromatic rings. The lowest BCUT2D eigenvalue weighted by atomic mass is 10.1. The lowest BCUT2D eigenvalue weighted by molar-refractivity contribution is 0.114. The molecule has 0 spiro atoms. The molecule has 2 fully saturated rings. The minimum Gasteiger partial charge on any atom is -0.312 e. The molecule has 0 aliphatic carbocycles. The molecular formula is C14H29N3S2. The number of nitrogens with one attached hydrogen (secondary N) is 1. The summed E-state index contributed by atoms with van der Waals surface area (Å²) in [5.41, 5.74) is 0. The van der Waals surface area contributed by atoms with Gasteiger partial charge in [-0.3, -0.25) is 4.90 Å². The van der Waals surface area contributed by atoms with Gasteiger partial charge in [0.15, 0.2) is 0 Å². The molecule has 0 aromatic heterocycles. The van der Waals surface area contributed by atoms with Crippen LogP contribution in [-0.4, -0.2) is 84.7 Å². The zero-order valence-electron chi connectivity index (χ0n) is 12.4. The molecule has 112 valence electrons. The van der Waals surface area contributed by atoms with Crippen molar-refractivity contribution >= 4 is 23.5 Å². The quantitative estimate of drug-likeness (QED) is 0.826. The first kappa shape index (κ1) is 16.0. The number of nitrogens with zero attached hydrogens (tertiary/aromatic N) is 2. The van der Waals surface area contributed by atoms with Crippen LogP contribution in [0.1, 0.15) is 13.3 Å². The molecule has 3 nitrogen and oxygen atoms in total. The predicted octanol–water partition coefficient (Wildman–Crippen LogP) is 1.45. The Morgan fingerprint density at radius 3 is 2.37 bits per heavy atom. The van der Waals surface area contributed by atoms with E-state index < -0.39 is 0 Å². The minimum atomic E-state index is 0.729. The molecule has 19 heavy (non-hydrogen) atoms. The summed E-state index contributed by atoms with van der Waals surface area (Å²) >= 11 is 4.22. The fraction of sp³-hybridized carbons (Fsp3) is 1.00. The molecule has 0 bridgehead atoms. The number of hydrogen-bond acceptors (Lipinski definition) is 5. The molecule has 0 aromatic carbocycles. The second kappa shape index (κ2) is 8.78. The van der Waals surface area contributed by atoms with Gasteiger partial charge in [0.25, 0.3) is 0 Å². The maximum Gasteiger partial charge on any atom is 0.0248 e. The van der Waals surface area contributed by atoms with Gasteiger partial charge in [0, 0.05) is 61.3 Å². The number of piperazine rings is 1. The van der Waals surface area contributed by atoms with Gasteiger partial charge in [-0.2, -0.15) is 23.5 Å². The normalized spacial score (nSPS) is 26.2. The summed E-state index contributed by atoms with van der Waals surface area (Å²) in [4.78, 5) is 5.08. The van der Waals surface area contributed by atoms with E-state index in [1.165, 1.54) is 62.2 Å². The van der Waals surface area contributed by atoms with E-state index in [9.17, 15) is 0 Å². The van der Waals surface area contributed by atoms with Crippen molar-refractivity contribution in [2.45, 2.75) is 25.4 Å². The van der Waals surface area contributed by atoms with E-state index in [1.807, 2.05) is 0 Å². The Morgan fingerprint density at radius 1 is 1.11 bits per heavy atom. The molecule has 0 radical (unpaired) electrons. The van der Waals surface area contributed by atoms with Crippen molar-refractivity contribution in [1.29, 1.82) is 0 Å². The summed E-state index contributed by atoms with van der Waals surface area (Å²) in [6.45, 7) is 8.52. The summed E-state index contributed by atoms with van der Waals surface area (Å²) in [6, 6.07) is 1.46. The van der Waals surface area contributed by atoms with Crippen LogP contribution >= 0.6 is 23.5 Å². The van der Waals surface area contributed by atoms with Gasteiger partial charge in [0.1, 0.15) is 0 Å². The number of rotatable bonds is 5. The Kier molecular flexibility index (Phi) is 7.37. The highest BCUT2D eigenvalue weighted by Gasteiger charge is 2.19. The zero-order valence-corrected chi connectivity index (χ0v) is 14.1. The Bertz CT molecular complexity index is 237. The van der Waals surface area contributed by atoms with E-state index in [-0.39, 0.29) is 0 Å². The lowest BCUT2D eigenvalue weighted by Gasteiger charge is -2.36. The van der Waals surface area contributed by atoms with Crippen molar-refractivity contribution in [3.8, 4) is 0 Å². The summed E-state index contributed by atoms with van der Waals surface area (Å²) in [5.74, 6) is 5.27. The van der Waals surface area contributed by atoms with Crippen LogP contribution in [0, 0.1) is 0 Å². The summed E-state index contributed by atoms with van der Waals surface area (Å²) in [5, 5.41) is 3.76. The van der Waals surface area contributed by atoms with E-state index in [2.05, 4.69) is 52.6 Å². The maximum absolute atomic E-state index is 3.76. The fourth-order valence-corrected chi connectivity index (χ4v) is 5.14. The van der Waals surface area contributed by atoms with Crippen molar-refractivity contribution in [3.05, 3.63) is 0 Å². The molecule has 0 saturated carbocycles. The van der Waals surface area contributed by atoms with E-state index in [1.54, 1.807) is 0 Å². The Hall–Kier alpha value is 0.580. The van der Waals surface area contributed by atoms with Crippen molar-refractivity contribution in [3.63, 3.8) is 0 Å². The van der Waals surface area contributed by atoms with Gasteiger partial charge in [-0.1, -0.05) is 0 Å². The van der Waals surface area contributed by atoms with Gasteiger partial charge in [0.2, 0.25) is 0 Å². The third-order valence-electron chi connectivity index (χ3n) is 4.17. The smallest absolute Gasteiger partial charge is 0.0248 e. The van der Waals surface area contributed by atoms with E-state index in [4.69, 9.17) is 0 Å². The summed E-state index contributed by atoms with van der Waals surface area (Å²) in [6.07, 6.45) is 1.29. The molecule has 0 amide bonds. The molecule has 2 aliphatic heterocycles. The second-order valence-corrected chi connectivity index (χ2v) is 8.08. The standard InChI is InChI=1S/C14H29N3S2/c1-13(17-7-5-16(2)6-8-17)3-4-15-14-11-18-9-10-19-12-14/h13-15H,3-12H2,1-2H3/t13-/m0/s1. The van der Waals surface area contributed by atoms with Gasteiger partial charge >= 0.3 is 0 Å². The average Bonchev–Trinajstić information content (AvgIpc) is 2.68. The van der Waals surface area contributed by atoms with Gasteiger partial charge in [0.05, 0.1) is 0 Å². The van der Waals surface area contributed by atoms with Crippen molar-refractivity contribution in [2.24, 2.45) is 0 Å². The molecule has 5 heteroatoms. The van der Waals surface area contributed by atoms with E-state index >= 15 is 0 Å². The van der Waals surface area contributed by atoms with Gasteiger partial charge < -0.3 is 10.2 Å². The molecule has 1 atom stereocenters. The van der Waals surface area contributed by atoms with E-state index in [0.29, 0.717) is 0 Å². The highest BCUT2D eigenvalue weighted by molar-refractivity contribution is 8.03. The van der Waals surface area contributed by atoms with Gasteiger partial charge in [-0.05, 0) is 26.9 Å². The third kappa shape index (κ3) is 5.84. The SMILES string of the molecule is C[C@@H](CCNC1CSCCSC1)N1CCN(C)CC1. The number of likely N-dealkylation sites (N-methyl/N-ethyl adjacent to an activating group) is 1. The number of hydrogen-bond donors (Lipinski definition) is 1. The monoisotopic (exact) mass is 303 g/mol. The topological polar surface area (TPSA) is 18.5 Å². The van der Waals surface area contributed by atoms with Crippen molar-refractivity contribution < 1.29 is 0 Å². The molecule has 2 heterocycles. The molecule has 2 aliphatic rings. The molecule has 1 N–H and O–H groups in total. The molecule has 2 saturated heterocycles. The summed E-state index contributed by atoms with van der Waals surface area (Å²) in [7, 11) is 2.23. The molecule has 2 rings (SSSR count). The van der Waals surface area contributed by atoms with Crippen LogP contribution in [-0.2, 0) is 0 Å². The fourth-order valence-electron chi connectivity index (χ4n) is 2.68.